The lowest BCUT2D eigenvalue weighted by atomic mass is 9.91. The molecule has 0 amide bonds. The average molecular weight is 215 g/mol. The van der Waals surface area contributed by atoms with Crippen LogP contribution in [0.3, 0.4) is 0 Å². The van der Waals surface area contributed by atoms with E-state index in [9.17, 15) is 0 Å². The number of hydrogen-bond donors (Lipinski definition) is 1. The number of likely N-dealkylation sites (N-methyl/N-ethyl adjacent to an activating group) is 2. The number of nitrogens with zero attached hydrogens (tertiary/aromatic N) is 2. The van der Waals surface area contributed by atoms with Gasteiger partial charge in [-0.15, -0.1) is 0 Å². The quantitative estimate of drug-likeness (QED) is 0.700. The molecular formula is C11H25N3O. The number of hydrogen-bond acceptors (Lipinski definition) is 4. The van der Waals surface area contributed by atoms with Crippen molar-refractivity contribution in [1.82, 2.24) is 9.80 Å². The lowest BCUT2D eigenvalue weighted by Gasteiger charge is -2.43. The highest BCUT2D eigenvalue weighted by molar-refractivity contribution is 4.92. The van der Waals surface area contributed by atoms with Crippen LogP contribution in [-0.4, -0.2) is 69.3 Å². The van der Waals surface area contributed by atoms with Gasteiger partial charge < -0.3 is 15.4 Å². The van der Waals surface area contributed by atoms with E-state index >= 15 is 0 Å². The predicted octanol–water partition coefficient (Wildman–Crippen LogP) is -0.0123. The molecule has 0 saturated carbocycles. The molecule has 0 bridgehead atoms. The fraction of sp³-hybridized carbons (Fsp3) is 1.00. The fourth-order valence-corrected chi connectivity index (χ4v) is 2.04. The van der Waals surface area contributed by atoms with Crippen molar-refractivity contribution in [2.75, 3.05) is 54.0 Å². The molecule has 1 aliphatic heterocycles. The molecule has 0 radical (unpaired) electrons. The smallest absolute Gasteiger partial charge is 0.0662 e. The summed E-state index contributed by atoms with van der Waals surface area (Å²) in [6.45, 7) is 4.49. The number of rotatable bonds is 5. The SMILES string of the molecule is CN(C)CCN(C)C1(CN)CCCOC1. The van der Waals surface area contributed by atoms with Gasteiger partial charge in [0.05, 0.1) is 12.1 Å². The van der Waals surface area contributed by atoms with Crippen molar-refractivity contribution in [3.8, 4) is 0 Å². The summed E-state index contributed by atoms with van der Waals surface area (Å²) in [7, 11) is 6.35. The molecule has 0 aromatic carbocycles. The van der Waals surface area contributed by atoms with Crippen molar-refractivity contribution in [3.05, 3.63) is 0 Å². The molecule has 15 heavy (non-hydrogen) atoms. The number of nitrogens with two attached hydrogens (primary N) is 1. The zero-order valence-electron chi connectivity index (χ0n) is 10.3. The van der Waals surface area contributed by atoms with Crippen LogP contribution in [-0.2, 0) is 4.74 Å². The van der Waals surface area contributed by atoms with Gasteiger partial charge in [-0.2, -0.15) is 0 Å². The van der Waals surface area contributed by atoms with Gasteiger partial charge in [-0.05, 0) is 34.0 Å². The highest BCUT2D eigenvalue weighted by atomic mass is 16.5. The van der Waals surface area contributed by atoms with Crippen LogP contribution in [0.4, 0.5) is 0 Å². The molecule has 1 aliphatic rings. The summed E-state index contributed by atoms with van der Waals surface area (Å²) in [5.74, 6) is 0. The molecule has 1 atom stereocenters. The monoisotopic (exact) mass is 215 g/mol. The second kappa shape index (κ2) is 5.80. The molecule has 4 nitrogen and oxygen atoms in total. The molecule has 0 spiro atoms. The highest BCUT2D eigenvalue weighted by Gasteiger charge is 2.35. The Kier molecular flexibility index (Phi) is 4.99. The van der Waals surface area contributed by atoms with E-state index in [4.69, 9.17) is 10.5 Å². The first-order valence-electron chi connectivity index (χ1n) is 5.74. The fourth-order valence-electron chi connectivity index (χ4n) is 2.04. The van der Waals surface area contributed by atoms with Crippen molar-refractivity contribution in [2.45, 2.75) is 18.4 Å². The Labute approximate surface area is 93.4 Å². The van der Waals surface area contributed by atoms with Crippen LogP contribution in [0.15, 0.2) is 0 Å². The first-order valence-corrected chi connectivity index (χ1v) is 5.74. The van der Waals surface area contributed by atoms with E-state index in [1.807, 2.05) is 0 Å². The lowest BCUT2D eigenvalue weighted by molar-refractivity contribution is -0.0355. The van der Waals surface area contributed by atoms with Crippen molar-refractivity contribution in [2.24, 2.45) is 5.73 Å². The van der Waals surface area contributed by atoms with Gasteiger partial charge in [0, 0.05) is 26.2 Å². The molecule has 0 aromatic heterocycles. The van der Waals surface area contributed by atoms with Crippen LogP contribution < -0.4 is 5.73 Å². The van der Waals surface area contributed by atoms with Crippen LogP contribution in [0, 0.1) is 0 Å². The minimum Gasteiger partial charge on any atom is -0.379 e. The molecule has 2 N–H and O–H groups in total. The molecular weight excluding hydrogens is 190 g/mol. The molecule has 4 heteroatoms. The molecule has 1 rings (SSSR count). The first kappa shape index (κ1) is 12.9. The third kappa shape index (κ3) is 3.41. The maximum absolute atomic E-state index is 5.91. The average Bonchev–Trinajstić information content (AvgIpc) is 2.26. The third-order valence-corrected chi connectivity index (χ3v) is 3.37. The van der Waals surface area contributed by atoms with Crippen molar-refractivity contribution in [1.29, 1.82) is 0 Å². The van der Waals surface area contributed by atoms with Gasteiger partial charge >= 0.3 is 0 Å². The highest BCUT2D eigenvalue weighted by Crippen LogP contribution is 2.23. The summed E-state index contributed by atoms with van der Waals surface area (Å²) in [5, 5.41) is 0. The van der Waals surface area contributed by atoms with Crippen LogP contribution in [0.25, 0.3) is 0 Å². The van der Waals surface area contributed by atoms with Gasteiger partial charge in [0.15, 0.2) is 0 Å². The standard InChI is InChI=1S/C11H25N3O/c1-13(2)6-7-14(3)11(9-12)5-4-8-15-10-11/h4-10,12H2,1-3H3. The van der Waals surface area contributed by atoms with Crippen molar-refractivity contribution in [3.63, 3.8) is 0 Å². The van der Waals surface area contributed by atoms with E-state index in [2.05, 4.69) is 30.9 Å². The maximum atomic E-state index is 5.91. The Morgan fingerprint density at radius 1 is 1.27 bits per heavy atom. The zero-order valence-corrected chi connectivity index (χ0v) is 10.3. The molecule has 0 aliphatic carbocycles. The van der Waals surface area contributed by atoms with Gasteiger partial charge in [0.1, 0.15) is 0 Å². The van der Waals surface area contributed by atoms with Gasteiger partial charge in [-0.3, -0.25) is 4.90 Å². The van der Waals surface area contributed by atoms with E-state index in [-0.39, 0.29) is 5.54 Å². The maximum Gasteiger partial charge on any atom is 0.0662 e. The van der Waals surface area contributed by atoms with E-state index in [1.54, 1.807) is 0 Å². The molecule has 1 heterocycles. The van der Waals surface area contributed by atoms with Crippen LogP contribution in [0.2, 0.25) is 0 Å². The minimum atomic E-state index is 0.0776. The summed E-state index contributed by atoms with van der Waals surface area (Å²) in [5.41, 5.74) is 5.99. The second-order valence-electron chi connectivity index (χ2n) is 4.81. The van der Waals surface area contributed by atoms with E-state index in [0.717, 1.165) is 39.1 Å². The topological polar surface area (TPSA) is 41.7 Å². The Morgan fingerprint density at radius 2 is 2.00 bits per heavy atom. The van der Waals surface area contributed by atoms with Gasteiger partial charge in [-0.1, -0.05) is 0 Å². The summed E-state index contributed by atoms with van der Waals surface area (Å²) >= 11 is 0. The molecule has 1 saturated heterocycles. The second-order valence-corrected chi connectivity index (χ2v) is 4.81. The van der Waals surface area contributed by atoms with E-state index in [1.165, 1.54) is 0 Å². The van der Waals surface area contributed by atoms with E-state index < -0.39 is 0 Å². The summed E-state index contributed by atoms with van der Waals surface area (Å²) < 4.78 is 5.57. The first-order chi connectivity index (χ1) is 7.10. The largest absolute Gasteiger partial charge is 0.379 e. The van der Waals surface area contributed by atoms with Crippen LogP contribution in [0.5, 0.6) is 0 Å². The Hall–Kier alpha value is -0.160. The van der Waals surface area contributed by atoms with Crippen molar-refractivity contribution < 1.29 is 4.74 Å². The Balaban J connectivity index is 2.48. The van der Waals surface area contributed by atoms with Gasteiger partial charge in [0.25, 0.3) is 0 Å². The summed E-state index contributed by atoms with van der Waals surface area (Å²) in [4.78, 5) is 4.57. The third-order valence-electron chi connectivity index (χ3n) is 3.37. The van der Waals surface area contributed by atoms with Crippen LogP contribution in [0.1, 0.15) is 12.8 Å². The Bertz CT molecular complexity index is 179. The molecule has 1 fully saturated rings. The lowest BCUT2D eigenvalue weighted by Crippen LogP contribution is -2.58. The minimum absolute atomic E-state index is 0.0776. The Morgan fingerprint density at radius 3 is 2.47 bits per heavy atom. The van der Waals surface area contributed by atoms with Gasteiger partial charge in [-0.25, -0.2) is 0 Å². The van der Waals surface area contributed by atoms with Crippen LogP contribution >= 0.6 is 0 Å². The van der Waals surface area contributed by atoms with E-state index in [0.29, 0.717) is 6.54 Å². The zero-order chi connectivity index (χ0) is 11.3. The summed E-state index contributed by atoms with van der Waals surface area (Å²) in [6.07, 6.45) is 2.29. The number of ether oxygens (including phenoxy) is 1. The molecule has 90 valence electrons. The normalized spacial score (nSPS) is 27.6. The molecule has 0 aromatic rings. The van der Waals surface area contributed by atoms with Crippen molar-refractivity contribution >= 4 is 0 Å². The molecule has 1 unspecified atom stereocenters. The van der Waals surface area contributed by atoms with Gasteiger partial charge in [0.2, 0.25) is 0 Å². The predicted molar refractivity (Wildman–Crippen MR) is 63.0 cm³/mol. The summed E-state index contributed by atoms with van der Waals surface area (Å²) in [6, 6.07) is 0.